The van der Waals surface area contributed by atoms with Crippen molar-refractivity contribution in [1.29, 1.82) is 0 Å². The number of hydrogen-bond acceptors (Lipinski definition) is 3. The summed E-state index contributed by atoms with van der Waals surface area (Å²) in [6.45, 7) is 4.72. The zero-order valence-corrected chi connectivity index (χ0v) is 10.8. The summed E-state index contributed by atoms with van der Waals surface area (Å²) in [7, 11) is 1.61. The Morgan fingerprint density at radius 1 is 1.38 bits per heavy atom. The summed E-state index contributed by atoms with van der Waals surface area (Å²) in [6, 6.07) is -0.235. The second kappa shape index (κ2) is 9.60. The lowest BCUT2D eigenvalue weighted by Crippen LogP contribution is -2.44. The van der Waals surface area contributed by atoms with Crippen LogP contribution in [0, 0.1) is 0 Å². The Morgan fingerprint density at radius 3 is 2.62 bits per heavy atom. The topological polar surface area (TPSA) is 64.4 Å². The molecule has 3 N–H and O–H groups in total. The number of nitrogens with one attached hydrogen (secondary N) is 1. The van der Waals surface area contributed by atoms with E-state index in [4.69, 9.17) is 10.5 Å². The van der Waals surface area contributed by atoms with Gasteiger partial charge in [0.2, 0.25) is 5.91 Å². The molecule has 1 amide bonds. The Morgan fingerprint density at radius 2 is 2.06 bits per heavy atom. The van der Waals surface area contributed by atoms with Crippen LogP contribution in [0.2, 0.25) is 0 Å². The van der Waals surface area contributed by atoms with Crippen molar-refractivity contribution in [3.8, 4) is 0 Å². The van der Waals surface area contributed by atoms with Gasteiger partial charge in [-0.05, 0) is 19.8 Å². The Hall–Kier alpha value is -0.610. The highest BCUT2D eigenvalue weighted by Gasteiger charge is 2.14. The van der Waals surface area contributed by atoms with E-state index in [1.807, 2.05) is 6.92 Å². The molecule has 96 valence electrons. The summed E-state index contributed by atoms with van der Waals surface area (Å²) in [5.74, 6) is -0.0685. The number of carbonyl (C=O) groups excluding carboxylic acids is 1. The van der Waals surface area contributed by atoms with Crippen LogP contribution in [0.1, 0.15) is 46.0 Å². The maximum absolute atomic E-state index is 11.6. The maximum Gasteiger partial charge on any atom is 0.237 e. The fourth-order valence-electron chi connectivity index (χ4n) is 1.50. The van der Waals surface area contributed by atoms with Gasteiger partial charge in [0.1, 0.15) is 0 Å². The van der Waals surface area contributed by atoms with E-state index < -0.39 is 6.04 Å². The number of nitrogens with two attached hydrogens (primary N) is 1. The molecule has 2 atom stereocenters. The van der Waals surface area contributed by atoms with Crippen LogP contribution in [0.3, 0.4) is 0 Å². The third-order valence-corrected chi connectivity index (χ3v) is 2.60. The van der Waals surface area contributed by atoms with Gasteiger partial charge < -0.3 is 15.8 Å². The largest absolute Gasteiger partial charge is 0.385 e. The molecule has 0 aromatic rings. The third kappa shape index (κ3) is 7.65. The Labute approximate surface area is 98.9 Å². The highest BCUT2D eigenvalue weighted by Crippen LogP contribution is 2.03. The van der Waals surface area contributed by atoms with Crippen molar-refractivity contribution in [3.63, 3.8) is 0 Å². The van der Waals surface area contributed by atoms with Crippen LogP contribution >= 0.6 is 0 Å². The van der Waals surface area contributed by atoms with E-state index in [1.165, 1.54) is 12.8 Å². The lowest BCUT2D eigenvalue weighted by atomic mass is 10.1. The van der Waals surface area contributed by atoms with Crippen molar-refractivity contribution >= 4 is 5.91 Å². The second-order valence-electron chi connectivity index (χ2n) is 4.29. The average molecular weight is 230 g/mol. The van der Waals surface area contributed by atoms with E-state index in [0.29, 0.717) is 13.0 Å². The number of rotatable bonds is 9. The molecule has 0 radical (unpaired) electrons. The lowest BCUT2D eigenvalue weighted by Gasteiger charge is -2.17. The smallest absolute Gasteiger partial charge is 0.237 e. The number of ether oxygens (including phenoxy) is 1. The molecule has 0 aliphatic heterocycles. The first kappa shape index (κ1) is 15.4. The third-order valence-electron chi connectivity index (χ3n) is 2.60. The summed E-state index contributed by atoms with van der Waals surface area (Å²) < 4.78 is 4.89. The lowest BCUT2D eigenvalue weighted by molar-refractivity contribution is -0.123. The molecular weight excluding hydrogens is 204 g/mol. The minimum absolute atomic E-state index is 0.0685. The van der Waals surface area contributed by atoms with Gasteiger partial charge in [-0.15, -0.1) is 0 Å². The minimum atomic E-state index is -0.450. The Balaban J connectivity index is 3.67. The monoisotopic (exact) mass is 230 g/mol. The zero-order chi connectivity index (χ0) is 12.4. The van der Waals surface area contributed by atoms with Gasteiger partial charge in [-0.1, -0.05) is 26.2 Å². The number of methoxy groups -OCH3 is 1. The number of amides is 1. The van der Waals surface area contributed by atoms with Crippen LogP contribution in [0.4, 0.5) is 0 Å². The van der Waals surface area contributed by atoms with Crippen molar-refractivity contribution in [1.82, 2.24) is 5.32 Å². The molecular formula is C12H26N2O2. The van der Waals surface area contributed by atoms with Crippen molar-refractivity contribution in [2.75, 3.05) is 13.7 Å². The van der Waals surface area contributed by atoms with Gasteiger partial charge in [0.05, 0.1) is 6.04 Å². The van der Waals surface area contributed by atoms with Gasteiger partial charge in [0, 0.05) is 19.8 Å². The van der Waals surface area contributed by atoms with E-state index >= 15 is 0 Å². The van der Waals surface area contributed by atoms with Crippen molar-refractivity contribution in [3.05, 3.63) is 0 Å². The number of carbonyl (C=O) groups is 1. The van der Waals surface area contributed by atoms with Gasteiger partial charge in [0.15, 0.2) is 0 Å². The summed E-state index contributed by atoms with van der Waals surface area (Å²) in [5, 5.41) is 2.93. The number of unbranched alkanes of at least 4 members (excludes halogenated alkanes) is 2. The molecule has 0 aromatic heterocycles. The molecule has 0 saturated carbocycles. The van der Waals surface area contributed by atoms with Gasteiger partial charge in [-0.2, -0.15) is 0 Å². The average Bonchev–Trinajstić information content (AvgIpc) is 2.26. The normalized spacial score (nSPS) is 14.5. The quantitative estimate of drug-likeness (QED) is 0.589. The molecule has 0 aliphatic rings. The van der Waals surface area contributed by atoms with Gasteiger partial charge in [0.25, 0.3) is 0 Å². The minimum Gasteiger partial charge on any atom is -0.385 e. The Kier molecular flexibility index (Phi) is 9.24. The van der Waals surface area contributed by atoms with Crippen molar-refractivity contribution in [2.24, 2.45) is 5.73 Å². The molecule has 0 aliphatic carbocycles. The molecule has 0 fully saturated rings. The van der Waals surface area contributed by atoms with Crippen LogP contribution < -0.4 is 11.1 Å². The van der Waals surface area contributed by atoms with Crippen LogP contribution in [0.5, 0.6) is 0 Å². The molecule has 0 saturated heterocycles. The molecule has 0 rings (SSSR count). The zero-order valence-electron chi connectivity index (χ0n) is 10.8. The molecule has 0 aromatic carbocycles. The first-order valence-corrected chi connectivity index (χ1v) is 6.16. The fraction of sp³-hybridized carbons (Fsp3) is 0.917. The number of hydrogen-bond donors (Lipinski definition) is 2. The van der Waals surface area contributed by atoms with E-state index in [-0.39, 0.29) is 11.9 Å². The molecule has 4 nitrogen and oxygen atoms in total. The molecule has 0 spiro atoms. The standard InChI is InChI=1S/C12H26N2O2/c1-4-5-6-7-10(2)14-12(15)11(13)8-9-16-3/h10-11H,4-9,13H2,1-3H3,(H,14,15). The van der Waals surface area contributed by atoms with E-state index in [0.717, 1.165) is 12.8 Å². The first-order valence-electron chi connectivity index (χ1n) is 6.16. The van der Waals surface area contributed by atoms with Crippen molar-refractivity contribution in [2.45, 2.75) is 58.0 Å². The summed E-state index contributed by atoms with van der Waals surface area (Å²) in [5.41, 5.74) is 5.71. The van der Waals surface area contributed by atoms with Crippen molar-refractivity contribution < 1.29 is 9.53 Å². The van der Waals surface area contributed by atoms with Gasteiger partial charge >= 0.3 is 0 Å². The van der Waals surface area contributed by atoms with E-state index in [1.54, 1.807) is 7.11 Å². The molecule has 0 bridgehead atoms. The first-order chi connectivity index (χ1) is 7.61. The highest BCUT2D eigenvalue weighted by molar-refractivity contribution is 5.81. The van der Waals surface area contributed by atoms with Crippen LogP contribution in [0.25, 0.3) is 0 Å². The summed E-state index contributed by atoms with van der Waals surface area (Å²) in [4.78, 5) is 11.6. The predicted octanol–water partition coefficient (Wildman–Crippen LogP) is 1.44. The fourth-order valence-corrected chi connectivity index (χ4v) is 1.50. The molecule has 4 heteroatoms. The highest BCUT2D eigenvalue weighted by atomic mass is 16.5. The molecule has 16 heavy (non-hydrogen) atoms. The summed E-state index contributed by atoms with van der Waals surface area (Å²) >= 11 is 0. The van der Waals surface area contributed by atoms with E-state index in [2.05, 4.69) is 12.2 Å². The Bertz CT molecular complexity index is 186. The van der Waals surface area contributed by atoms with Gasteiger partial charge in [-0.3, -0.25) is 4.79 Å². The van der Waals surface area contributed by atoms with Crippen LogP contribution in [-0.4, -0.2) is 31.7 Å². The summed E-state index contributed by atoms with van der Waals surface area (Å²) in [6.07, 6.45) is 5.18. The molecule has 0 heterocycles. The maximum atomic E-state index is 11.6. The predicted molar refractivity (Wildman–Crippen MR) is 66.2 cm³/mol. The van der Waals surface area contributed by atoms with Gasteiger partial charge in [-0.25, -0.2) is 0 Å². The van der Waals surface area contributed by atoms with E-state index in [9.17, 15) is 4.79 Å². The van der Waals surface area contributed by atoms with Crippen LogP contribution in [0.15, 0.2) is 0 Å². The second-order valence-corrected chi connectivity index (χ2v) is 4.29. The SMILES string of the molecule is CCCCCC(C)NC(=O)C(N)CCOC. The molecule has 2 unspecified atom stereocenters. The van der Waals surface area contributed by atoms with Crippen LogP contribution in [-0.2, 0) is 9.53 Å².